The van der Waals surface area contributed by atoms with Crippen LogP contribution in [0.4, 0.5) is 10.5 Å². The van der Waals surface area contributed by atoms with Gasteiger partial charge in [-0.3, -0.25) is 9.59 Å². The minimum atomic E-state index is -0.913. The summed E-state index contributed by atoms with van der Waals surface area (Å²) in [5, 5.41) is 5.21. The molecule has 0 aliphatic rings. The first-order chi connectivity index (χ1) is 13.5. The Morgan fingerprint density at radius 3 is 2.32 bits per heavy atom. The van der Waals surface area contributed by atoms with Crippen LogP contribution in [0.1, 0.15) is 30.6 Å². The van der Waals surface area contributed by atoms with Gasteiger partial charge in [0.1, 0.15) is 5.75 Å². The summed E-state index contributed by atoms with van der Waals surface area (Å²) in [4.78, 5) is 36.0. The molecule has 0 fully saturated rings. The van der Waals surface area contributed by atoms with Crippen molar-refractivity contribution in [1.82, 2.24) is 5.32 Å². The quantitative estimate of drug-likeness (QED) is 0.510. The Kier molecular flexibility index (Phi) is 8.02. The van der Waals surface area contributed by atoms with E-state index in [1.165, 1.54) is 6.92 Å². The molecule has 148 valence electrons. The van der Waals surface area contributed by atoms with Crippen molar-refractivity contribution in [3.05, 3.63) is 60.2 Å². The number of ketones is 1. The molecule has 7 nitrogen and oxygen atoms in total. The Labute approximate surface area is 164 Å². The first-order valence-electron chi connectivity index (χ1n) is 9.06. The number of para-hydroxylation sites is 1. The number of nitrogens with one attached hydrogen (secondary N) is 2. The zero-order chi connectivity index (χ0) is 20.4. The number of benzene rings is 2. The molecule has 0 aliphatic heterocycles. The zero-order valence-electron chi connectivity index (χ0n) is 15.9. The smallest absolute Gasteiger partial charge is 0.319 e. The Hall–Kier alpha value is -3.35. The molecular weight excluding hydrogens is 360 g/mol. The van der Waals surface area contributed by atoms with Crippen LogP contribution < -0.4 is 15.4 Å². The summed E-state index contributed by atoms with van der Waals surface area (Å²) < 4.78 is 10.5. The third-order valence-corrected chi connectivity index (χ3v) is 3.77. The third-order valence-electron chi connectivity index (χ3n) is 3.77. The van der Waals surface area contributed by atoms with Gasteiger partial charge in [0, 0.05) is 17.8 Å². The molecule has 7 heteroatoms. The van der Waals surface area contributed by atoms with Crippen molar-refractivity contribution >= 4 is 23.5 Å². The van der Waals surface area contributed by atoms with Gasteiger partial charge in [0.15, 0.2) is 6.10 Å². The zero-order valence-corrected chi connectivity index (χ0v) is 15.9. The predicted molar refractivity (Wildman–Crippen MR) is 106 cm³/mol. The normalized spacial score (nSPS) is 11.2. The SMILES string of the molecule is CCOc1ccc(C(=O)[C@H](C)OC(=O)CCNC(=O)Nc2ccccc2)cc1. The van der Waals surface area contributed by atoms with Crippen LogP contribution >= 0.6 is 0 Å². The highest BCUT2D eigenvalue weighted by atomic mass is 16.5. The highest BCUT2D eigenvalue weighted by Gasteiger charge is 2.19. The van der Waals surface area contributed by atoms with Crippen molar-refractivity contribution < 1.29 is 23.9 Å². The molecule has 0 spiro atoms. The lowest BCUT2D eigenvalue weighted by molar-refractivity contribution is -0.146. The summed E-state index contributed by atoms with van der Waals surface area (Å²) in [5.41, 5.74) is 1.08. The topological polar surface area (TPSA) is 93.7 Å². The van der Waals surface area contributed by atoms with Crippen molar-refractivity contribution in [2.75, 3.05) is 18.5 Å². The highest BCUT2D eigenvalue weighted by molar-refractivity contribution is 6.00. The van der Waals surface area contributed by atoms with E-state index < -0.39 is 18.1 Å². The fourth-order valence-corrected chi connectivity index (χ4v) is 2.40. The molecule has 28 heavy (non-hydrogen) atoms. The molecule has 1 atom stereocenters. The Bertz CT molecular complexity index is 790. The Balaban J connectivity index is 1.72. The molecule has 0 radical (unpaired) electrons. The van der Waals surface area contributed by atoms with Crippen molar-refractivity contribution in [3.63, 3.8) is 0 Å². The predicted octanol–water partition coefficient (Wildman–Crippen LogP) is 3.41. The number of esters is 1. The lowest BCUT2D eigenvalue weighted by Crippen LogP contribution is -2.32. The largest absolute Gasteiger partial charge is 0.494 e. The molecule has 2 N–H and O–H groups in total. The van der Waals surface area contributed by atoms with Gasteiger partial charge in [-0.05, 0) is 50.2 Å². The number of carbonyl (C=O) groups excluding carboxylic acids is 3. The van der Waals surface area contributed by atoms with E-state index in [4.69, 9.17) is 9.47 Å². The maximum atomic E-state index is 12.3. The van der Waals surface area contributed by atoms with E-state index in [1.807, 2.05) is 13.0 Å². The number of anilines is 1. The van der Waals surface area contributed by atoms with Crippen molar-refractivity contribution in [1.29, 1.82) is 0 Å². The minimum Gasteiger partial charge on any atom is -0.494 e. The molecule has 0 unspecified atom stereocenters. The number of carbonyl (C=O) groups is 3. The number of amides is 2. The lowest BCUT2D eigenvalue weighted by atomic mass is 10.1. The summed E-state index contributed by atoms with van der Waals surface area (Å²) >= 11 is 0. The van der Waals surface area contributed by atoms with Crippen LogP contribution in [-0.4, -0.2) is 37.0 Å². The Morgan fingerprint density at radius 1 is 1.00 bits per heavy atom. The molecule has 0 saturated heterocycles. The van der Waals surface area contributed by atoms with Gasteiger partial charge in [-0.1, -0.05) is 18.2 Å². The van der Waals surface area contributed by atoms with Gasteiger partial charge >= 0.3 is 12.0 Å². The Morgan fingerprint density at radius 2 is 1.68 bits per heavy atom. The van der Waals surface area contributed by atoms with E-state index in [0.717, 1.165) is 0 Å². The van der Waals surface area contributed by atoms with E-state index in [-0.39, 0.29) is 18.7 Å². The number of hydrogen-bond donors (Lipinski definition) is 2. The fourth-order valence-electron chi connectivity index (χ4n) is 2.40. The average Bonchev–Trinajstić information content (AvgIpc) is 2.69. The van der Waals surface area contributed by atoms with Crippen molar-refractivity contribution in [2.45, 2.75) is 26.4 Å². The maximum Gasteiger partial charge on any atom is 0.319 e. The van der Waals surface area contributed by atoms with Gasteiger partial charge in [-0.25, -0.2) is 4.79 Å². The van der Waals surface area contributed by atoms with Crippen LogP contribution in [0.15, 0.2) is 54.6 Å². The van der Waals surface area contributed by atoms with Crippen LogP contribution in [-0.2, 0) is 9.53 Å². The molecule has 2 amide bonds. The number of ether oxygens (including phenoxy) is 2. The van der Waals surface area contributed by atoms with Gasteiger partial charge in [-0.2, -0.15) is 0 Å². The fraction of sp³-hybridized carbons (Fsp3) is 0.286. The van der Waals surface area contributed by atoms with Gasteiger partial charge in [0.05, 0.1) is 13.0 Å². The van der Waals surface area contributed by atoms with E-state index in [0.29, 0.717) is 23.6 Å². The van der Waals surface area contributed by atoms with Crippen LogP contribution in [0, 0.1) is 0 Å². The number of Topliss-reactive ketones (excluding diaryl/α,β-unsaturated/α-hetero) is 1. The summed E-state index contributed by atoms with van der Waals surface area (Å²) in [6, 6.07) is 15.2. The number of rotatable bonds is 9. The molecule has 0 heterocycles. The number of urea groups is 1. The monoisotopic (exact) mass is 384 g/mol. The summed E-state index contributed by atoms with van der Waals surface area (Å²) in [5.74, 6) is -0.193. The van der Waals surface area contributed by atoms with Crippen molar-refractivity contribution in [3.8, 4) is 5.75 Å². The maximum absolute atomic E-state index is 12.3. The standard InChI is InChI=1S/C21H24N2O5/c1-3-27-18-11-9-16(10-12-18)20(25)15(2)28-19(24)13-14-22-21(26)23-17-7-5-4-6-8-17/h4-12,15H,3,13-14H2,1-2H3,(H2,22,23,26)/t15-/m0/s1. The van der Waals surface area contributed by atoms with Crippen LogP contribution in [0.3, 0.4) is 0 Å². The van der Waals surface area contributed by atoms with Crippen LogP contribution in [0.5, 0.6) is 5.75 Å². The molecule has 0 aromatic heterocycles. The molecule has 0 bridgehead atoms. The third kappa shape index (κ3) is 6.75. The summed E-state index contributed by atoms with van der Waals surface area (Å²) in [7, 11) is 0. The second kappa shape index (κ2) is 10.7. The second-order valence-electron chi connectivity index (χ2n) is 5.95. The molecule has 0 aliphatic carbocycles. The first kappa shape index (κ1) is 21.0. The summed E-state index contributed by atoms with van der Waals surface area (Å²) in [6.07, 6.45) is -0.952. The second-order valence-corrected chi connectivity index (χ2v) is 5.95. The molecule has 2 aromatic rings. The van der Waals surface area contributed by atoms with Gasteiger partial charge < -0.3 is 20.1 Å². The van der Waals surface area contributed by atoms with Crippen molar-refractivity contribution in [2.24, 2.45) is 0 Å². The van der Waals surface area contributed by atoms with E-state index in [1.54, 1.807) is 48.5 Å². The minimum absolute atomic E-state index is 0.0386. The summed E-state index contributed by atoms with van der Waals surface area (Å²) in [6.45, 7) is 4.03. The van der Waals surface area contributed by atoms with E-state index >= 15 is 0 Å². The van der Waals surface area contributed by atoms with Gasteiger partial charge in [-0.15, -0.1) is 0 Å². The van der Waals surface area contributed by atoms with Gasteiger partial charge in [0.2, 0.25) is 5.78 Å². The van der Waals surface area contributed by atoms with E-state index in [2.05, 4.69) is 10.6 Å². The van der Waals surface area contributed by atoms with Crippen LogP contribution in [0.2, 0.25) is 0 Å². The first-order valence-corrected chi connectivity index (χ1v) is 9.06. The number of hydrogen-bond acceptors (Lipinski definition) is 5. The average molecular weight is 384 g/mol. The van der Waals surface area contributed by atoms with Crippen LogP contribution in [0.25, 0.3) is 0 Å². The van der Waals surface area contributed by atoms with Gasteiger partial charge in [0.25, 0.3) is 0 Å². The molecule has 2 rings (SSSR count). The highest BCUT2D eigenvalue weighted by Crippen LogP contribution is 2.14. The van der Waals surface area contributed by atoms with E-state index in [9.17, 15) is 14.4 Å². The lowest BCUT2D eigenvalue weighted by Gasteiger charge is -2.13. The molecule has 2 aromatic carbocycles. The molecule has 0 saturated carbocycles. The molecular formula is C21H24N2O5.